The molecule has 0 radical (unpaired) electrons. The van der Waals surface area contributed by atoms with Gasteiger partial charge in [-0.1, -0.05) is 12.1 Å². The highest BCUT2D eigenvalue weighted by Gasteiger charge is 2.25. The number of para-hydroxylation sites is 2. The molecule has 1 saturated heterocycles. The van der Waals surface area contributed by atoms with Crippen molar-refractivity contribution < 1.29 is 22.7 Å². The summed E-state index contributed by atoms with van der Waals surface area (Å²) in [5.41, 5.74) is 1.91. The molecule has 0 aliphatic carbocycles. The van der Waals surface area contributed by atoms with Gasteiger partial charge in [-0.15, -0.1) is 0 Å². The number of nitrogens with zero attached hydrogens (tertiary/aromatic N) is 2. The van der Waals surface area contributed by atoms with Gasteiger partial charge in [0.15, 0.2) is 0 Å². The monoisotopic (exact) mass is 492 g/mol. The first-order valence-electron chi connectivity index (χ1n) is 10.9. The molecule has 0 unspecified atom stereocenters. The van der Waals surface area contributed by atoms with E-state index in [2.05, 4.69) is 10.0 Å². The zero-order valence-corrected chi connectivity index (χ0v) is 19.8. The summed E-state index contributed by atoms with van der Waals surface area (Å²) >= 11 is 0. The molecule has 9 nitrogen and oxygen atoms in total. The second-order valence-electron chi connectivity index (χ2n) is 7.73. The molecular formula is C25H24N4O5S. The lowest BCUT2D eigenvalue weighted by Crippen LogP contribution is -2.37. The molecule has 1 fully saturated rings. The summed E-state index contributed by atoms with van der Waals surface area (Å²) < 4.78 is 40.4. The predicted octanol–water partition coefficient (Wildman–Crippen LogP) is 3.46. The first-order chi connectivity index (χ1) is 16.9. The highest BCUT2D eigenvalue weighted by atomic mass is 32.2. The summed E-state index contributed by atoms with van der Waals surface area (Å²) in [6.45, 7) is 2.04. The molecule has 0 spiro atoms. The molecule has 180 valence electrons. The van der Waals surface area contributed by atoms with Crippen LogP contribution in [0.4, 0.5) is 17.1 Å². The van der Waals surface area contributed by atoms with Gasteiger partial charge in [0.1, 0.15) is 10.6 Å². The summed E-state index contributed by atoms with van der Waals surface area (Å²) in [5, 5.41) is 11.7. The number of rotatable bonds is 7. The molecule has 0 saturated carbocycles. The summed E-state index contributed by atoms with van der Waals surface area (Å²) in [7, 11) is -2.59. The van der Waals surface area contributed by atoms with Crippen molar-refractivity contribution in [1.82, 2.24) is 0 Å². The minimum absolute atomic E-state index is 0.0166. The highest BCUT2D eigenvalue weighted by Crippen LogP contribution is 2.33. The maximum absolute atomic E-state index is 13.5. The second kappa shape index (κ2) is 10.5. The Hall–Kier alpha value is -4.07. The number of amides is 1. The number of nitrogens with one attached hydrogen (secondary N) is 2. The highest BCUT2D eigenvalue weighted by molar-refractivity contribution is 7.93. The standard InChI is InChI=1S/C25H24N4O5S/c1-33-23-5-3-2-4-21(23)28-35(31,32)24-16-20(10-11-22(24)29-12-14-34-15-13-29)27-25(30)19-8-6-18(17-26)7-9-19/h2-11,16,28H,12-15H2,1H3,(H,27,30). The number of nitriles is 1. The fourth-order valence-electron chi connectivity index (χ4n) is 3.70. The summed E-state index contributed by atoms with van der Waals surface area (Å²) in [6, 6.07) is 19.7. The van der Waals surface area contributed by atoms with E-state index in [9.17, 15) is 13.2 Å². The topological polar surface area (TPSA) is 121 Å². The summed E-state index contributed by atoms with van der Waals surface area (Å²) in [4.78, 5) is 14.7. The van der Waals surface area contributed by atoms with Crippen LogP contribution in [0.3, 0.4) is 0 Å². The first kappa shape index (κ1) is 24.1. The third-order valence-electron chi connectivity index (χ3n) is 5.49. The fraction of sp³-hybridized carbons (Fsp3) is 0.200. The molecule has 1 aliphatic rings. The van der Waals surface area contributed by atoms with Crippen LogP contribution < -0.4 is 19.7 Å². The molecule has 0 aromatic heterocycles. The molecule has 0 atom stereocenters. The molecular weight excluding hydrogens is 468 g/mol. The van der Waals surface area contributed by atoms with Crippen LogP contribution in [-0.4, -0.2) is 47.7 Å². The fourth-order valence-corrected chi connectivity index (χ4v) is 5.02. The number of hydrogen-bond acceptors (Lipinski definition) is 7. The van der Waals surface area contributed by atoms with Gasteiger partial charge < -0.3 is 19.7 Å². The van der Waals surface area contributed by atoms with Crippen LogP contribution in [0, 0.1) is 11.3 Å². The number of carbonyl (C=O) groups is 1. The molecule has 3 aromatic rings. The Morgan fingerprint density at radius 1 is 1.06 bits per heavy atom. The maximum atomic E-state index is 13.5. The number of benzene rings is 3. The van der Waals surface area contributed by atoms with Crippen molar-refractivity contribution in [3.8, 4) is 11.8 Å². The Kier molecular flexibility index (Phi) is 7.19. The minimum Gasteiger partial charge on any atom is -0.495 e. The number of carbonyl (C=O) groups excluding carboxylic acids is 1. The summed E-state index contributed by atoms with van der Waals surface area (Å²) in [6.07, 6.45) is 0. The van der Waals surface area contributed by atoms with E-state index in [1.165, 1.54) is 25.3 Å². The van der Waals surface area contributed by atoms with Gasteiger partial charge in [-0.3, -0.25) is 9.52 Å². The van der Waals surface area contributed by atoms with Crippen molar-refractivity contribution in [2.24, 2.45) is 0 Å². The Morgan fingerprint density at radius 3 is 2.46 bits per heavy atom. The predicted molar refractivity (Wildman–Crippen MR) is 132 cm³/mol. The molecule has 10 heteroatoms. The number of ether oxygens (including phenoxy) is 2. The van der Waals surface area contributed by atoms with Gasteiger partial charge in [0.05, 0.1) is 43.3 Å². The second-order valence-corrected chi connectivity index (χ2v) is 9.38. The van der Waals surface area contributed by atoms with Gasteiger partial charge in [0, 0.05) is 24.3 Å². The zero-order chi connectivity index (χ0) is 24.8. The number of anilines is 3. The molecule has 1 aliphatic heterocycles. The van der Waals surface area contributed by atoms with Gasteiger partial charge in [-0.05, 0) is 54.6 Å². The van der Waals surface area contributed by atoms with Crippen molar-refractivity contribution in [3.05, 3.63) is 77.9 Å². The van der Waals surface area contributed by atoms with E-state index >= 15 is 0 Å². The average Bonchev–Trinajstić information content (AvgIpc) is 2.89. The number of morpholine rings is 1. The third-order valence-corrected chi connectivity index (χ3v) is 6.88. The SMILES string of the molecule is COc1ccccc1NS(=O)(=O)c1cc(NC(=O)c2ccc(C#N)cc2)ccc1N1CCOCC1. The van der Waals surface area contributed by atoms with Crippen LogP contribution in [0.15, 0.2) is 71.6 Å². The van der Waals surface area contributed by atoms with E-state index in [0.717, 1.165) is 0 Å². The molecule has 3 aromatic carbocycles. The van der Waals surface area contributed by atoms with Crippen LogP contribution in [-0.2, 0) is 14.8 Å². The maximum Gasteiger partial charge on any atom is 0.264 e. The smallest absolute Gasteiger partial charge is 0.264 e. The largest absolute Gasteiger partial charge is 0.495 e. The first-order valence-corrected chi connectivity index (χ1v) is 12.3. The van der Waals surface area contributed by atoms with Crippen molar-refractivity contribution in [2.75, 3.05) is 48.4 Å². The lowest BCUT2D eigenvalue weighted by Gasteiger charge is -2.30. The van der Waals surface area contributed by atoms with E-state index in [0.29, 0.717) is 60.2 Å². The van der Waals surface area contributed by atoms with Crippen molar-refractivity contribution in [2.45, 2.75) is 4.90 Å². The quantitative estimate of drug-likeness (QED) is 0.518. The molecule has 2 N–H and O–H groups in total. The van der Waals surface area contributed by atoms with E-state index in [1.54, 1.807) is 48.5 Å². The van der Waals surface area contributed by atoms with Crippen LogP contribution in [0.2, 0.25) is 0 Å². The normalized spacial score (nSPS) is 13.5. The van der Waals surface area contributed by atoms with E-state index in [1.807, 2.05) is 11.0 Å². The molecule has 0 bridgehead atoms. The van der Waals surface area contributed by atoms with Crippen LogP contribution in [0.1, 0.15) is 15.9 Å². The van der Waals surface area contributed by atoms with Gasteiger partial charge in [0.25, 0.3) is 15.9 Å². The number of hydrogen-bond donors (Lipinski definition) is 2. The lowest BCUT2D eigenvalue weighted by atomic mass is 10.1. The van der Waals surface area contributed by atoms with E-state index < -0.39 is 15.9 Å². The van der Waals surface area contributed by atoms with Crippen LogP contribution >= 0.6 is 0 Å². The van der Waals surface area contributed by atoms with E-state index in [-0.39, 0.29) is 4.90 Å². The zero-order valence-electron chi connectivity index (χ0n) is 19.0. The van der Waals surface area contributed by atoms with Gasteiger partial charge in [0.2, 0.25) is 0 Å². The Labute approximate surface area is 203 Å². The van der Waals surface area contributed by atoms with Crippen LogP contribution in [0.5, 0.6) is 5.75 Å². The van der Waals surface area contributed by atoms with Crippen molar-refractivity contribution >= 4 is 33.0 Å². The Balaban J connectivity index is 1.69. The Bertz CT molecular complexity index is 1360. The molecule has 1 amide bonds. The van der Waals surface area contributed by atoms with Gasteiger partial charge >= 0.3 is 0 Å². The Morgan fingerprint density at radius 2 is 1.77 bits per heavy atom. The molecule has 4 rings (SSSR count). The van der Waals surface area contributed by atoms with Crippen molar-refractivity contribution in [1.29, 1.82) is 5.26 Å². The van der Waals surface area contributed by atoms with Gasteiger partial charge in [-0.2, -0.15) is 5.26 Å². The third kappa shape index (κ3) is 5.54. The lowest BCUT2D eigenvalue weighted by molar-refractivity contribution is 0.102. The van der Waals surface area contributed by atoms with Gasteiger partial charge in [-0.25, -0.2) is 8.42 Å². The number of methoxy groups -OCH3 is 1. The van der Waals surface area contributed by atoms with Crippen LogP contribution in [0.25, 0.3) is 0 Å². The summed E-state index contributed by atoms with van der Waals surface area (Å²) in [5.74, 6) is -0.0380. The molecule has 35 heavy (non-hydrogen) atoms. The van der Waals surface area contributed by atoms with E-state index in [4.69, 9.17) is 14.7 Å². The minimum atomic E-state index is -4.06. The van der Waals surface area contributed by atoms with Crippen molar-refractivity contribution in [3.63, 3.8) is 0 Å². The molecule has 1 heterocycles. The number of sulfonamides is 1. The average molecular weight is 493 g/mol.